The van der Waals surface area contributed by atoms with Crippen molar-refractivity contribution in [3.05, 3.63) is 0 Å². The molecule has 0 spiro atoms. The molecular weight excluding hydrogens is 143 g/mol. The molecule has 0 radical (unpaired) electrons. The van der Waals surface area contributed by atoms with Crippen LogP contribution < -0.4 is 0 Å². The Balaban J connectivity index is 3.74. The van der Waals surface area contributed by atoms with Crippen molar-refractivity contribution in [3.8, 4) is 0 Å². The highest BCUT2D eigenvalue weighted by atomic mass is 31.2. The van der Waals surface area contributed by atoms with Crippen molar-refractivity contribution in [3.63, 3.8) is 0 Å². The second-order valence-electron chi connectivity index (χ2n) is 1.86. The first kappa shape index (κ1) is 9.11. The summed E-state index contributed by atoms with van der Waals surface area (Å²) in [7, 11) is -4.22. The second kappa shape index (κ2) is 3.32. The van der Waals surface area contributed by atoms with E-state index < -0.39 is 13.4 Å². The third-order valence-electron chi connectivity index (χ3n) is 0.935. The summed E-state index contributed by atoms with van der Waals surface area (Å²) in [4.78, 5) is 16.6. The molecule has 0 aromatic rings. The lowest BCUT2D eigenvalue weighted by molar-refractivity contribution is 0.193. The molecule has 0 unspecified atom stereocenters. The average molecular weight is 154 g/mol. The van der Waals surface area contributed by atoms with Crippen molar-refractivity contribution in [2.75, 3.05) is 0 Å². The summed E-state index contributed by atoms with van der Waals surface area (Å²) in [6.45, 7) is 1.75. The molecule has 5 heteroatoms. The lowest BCUT2D eigenvalue weighted by Crippen LogP contribution is -2.05. The standard InChI is InChI=1S/C4H11O4P/c1-2-3-4(5)9(6,7)8/h4-5H,2-3H2,1H3,(H2,6,7,8)/t4-/m0/s1. The molecule has 0 saturated heterocycles. The molecule has 0 heterocycles. The molecular formula is C4H11O4P. The summed E-state index contributed by atoms with van der Waals surface area (Å²) in [6, 6.07) is 0. The monoisotopic (exact) mass is 154 g/mol. The van der Waals surface area contributed by atoms with E-state index in [9.17, 15) is 4.57 Å². The van der Waals surface area contributed by atoms with E-state index in [1.54, 1.807) is 6.92 Å². The van der Waals surface area contributed by atoms with Gasteiger partial charge in [0.05, 0.1) is 0 Å². The molecule has 0 rings (SSSR count). The largest absolute Gasteiger partial charge is 0.380 e. The van der Waals surface area contributed by atoms with Crippen LogP contribution in [0.3, 0.4) is 0 Å². The molecule has 9 heavy (non-hydrogen) atoms. The van der Waals surface area contributed by atoms with E-state index in [4.69, 9.17) is 14.9 Å². The Bertz CT molecular complexity index is 118. The van der Waals surface area contributed by atoms with Crippen LogP contribution in [0.2, 0.25) is 0 Å². The number of rotatable bonds is 3. The smallest absolute Gasteiger partial charge is 0.353 e. The first-order valence-electron chi connectivity index (χ1n) is 2.71. The average Bonchev–Trinajstić information content (AvgIpc) is 1.64. The SMILES string of the molecule is CCC[C@@H](O)P(=O)(O)O. The summed E-state index contributed by atoms with van der Waals surface area (Å²) in [6.07, 6.45) is 0.733. The first-order valence-corrected chi connectivity index (χ1v) is 4.40. The molecule has 4 nitrogen and oxygen atoms in total. The Kier molecular flexibility index (Phi) is 3.36. The highest BCUT2D eigenvalue weighted by Crippen LogP contribution is 2.41. The van der Waals surface area contributed by atoms with Crippen molar-refractivity contribution in [1.29, 1.82) is 0 Å². The third kappa shape index (κ3) is 3.65. The van der Waals surface area contributed by atoms with Crippen molar-refractivity contribution >= 4 is 7.60 Å². The van der Waals surface area contributed by atoms with Gasteiger partial charge in [-0.3, -0.25) is 4.57 Å². The van der Waals surface area contributed by atoms with E-state index in [0.717, 1.165) is 0 Å². The molecule has 0 amide bonds. The molecule has 0 bridgehead atoms. The van der Waals surface area contributed by atoms with Crippen LogP contribution in [-0.4, -0.2) is 20.7 Å². The fraction of sp³-hybridized carbons (Fsp3) is 1.00. The Morgan fingerprint density at radius 1 is 1.56 bits per heavy atom. The van der Waals surface area contributed by atoms with Crippen LogP contribution in [0.5, 0.6) is 0 Å². The van der Waals surface area contributed by atoms with Crippen LogP contribution in [0.4, 0.5) is 0 Å². The quantitative estimate of drug-likeness (QED) is 0.510. The molecule has 0 aromatic heterocycles. The van der Waals surface area contributed by atoms with E-state index in [1.165, 1.54) is 0 Å². The van der Waals surface area contributed by atoms with Crippen LogP contribution in [0, 0.1) is 0 Å². The topological polar surface area (TPSA) is 77.8 Å². The van der Waals surface area contributed by atoms with Gasteiger partial charge in [0.15, 0.2) is 5.85 Å². The molecule has 0 saturated carbocycles. The van der Waals surface area contributed by atoms with E-state index >= 15 is 0 Å². The van der Waals surface area contributed by atoms with Crippen molar-refractivity contribution in [2.45, 2.75) is 25.6 Å². The third-order valence-corrected chi connectivity index (χ3v) is 1.97. The van der Waals surface area contributed by atoms with Gasteiger partial charge in [0.25, 0.3) is 0 Å². The van der Waals surface area contributed by atoms with Gasteiger partial charge in [-0.15, -0.1) is 0 Å². The Morgan fingerprint density at radius 2 is 2.00 bits per heavy atom. The summed E-state index contributed by atoms with van der Waals surface area (Å²) in [5, 5.41) is 8.62. The van der Waals surface area contributed by atoms with Gasteiger partial charge in [-0.25, -0.2) is 0 Å². The van der Waals surface area contributed by atoms with Gasteiger partial charge in [-0.2, -0.15) is 0 Å². The normalized spacial score (nSPS) is 15.6. The predicted octanol–water partition coefficient (Wildman–Crippen LogP) is 0.283. The molecule has 0 aliphatic rings. The van der Waals surface area contributed by atoms with Crippen molar-refractivity contribution in [1.82, 2.24) is 0 Å². The summed E-state index contributed by atoms with van der Waals surface area (Å²) >= 11 is 0. The minimum atomic E-state index is -4.22. The zero-order chi connectivity index (χ0) is 7.49. The van der Waals surface area contributed by atoms with Crippen LogP contribution in [0.25, 0.3) is 0 Å². The van der Waals surface area contributed by atoms with Gasteiger partial charge < -0.3 is 14.9 Å². The predicted molar refractivity (Wildman–Crippen MR) is 33.0 cm³/mol. The van der Waals surface area contributed by atoms with Gasteiger partial charge in [0, 0.05) is 0 Å². The highest BCUT2D eigenvalue weighted by Gasteiger charge is 2.24. The zero-order valence-electron chi connectivity index (χ0n) is 5.19. The van der Waals surface area contributed by atoms with E-state index in [1.807, 2.05) is 0 Å². The Labute approximate surface area is 53.7 Å². The van der Waals surface area contributed by atoms with Crippen LogP contribution in [0.1, 0.15) is 19.8 Å². The second-order valence-corrected chi connectivity index (χ2v) is 3.63. The Hall–Kier alpha value is 0.110. The number of hydrogen-bond donors (Lipinski definition) is 3. The van der Waals surface area contributed by atoms with Crippen LogP contribution in [-0.2, 0) is 4.57 Å². The molecule has 3 N–H and O–H groups in total. The molecule has 0 aliphatic heterocycles. The Morgan fingerprint density at radius 3 is 2.11 bits per heavy atom. The maximum atomic E-state index is 10.2. The van der Waals surface area contributed by atoms with E-state index in [0.29, 0.717) is 6.42 Å². The minimum absolute atomic E-state index is 0.157. The lowest BCUT2D eigenvalue weighted by atomic mass is 10.4. The van der Waals surface area contributed by atoms with Gasteiger partial charge >= 0.3 is 7.60 Å². The maximum absolute atomic E-state index is 10.2. The summed E-state index contributed by atoms with van der Waals surface area (Å²) in [5.74, 6) is -1.47. The van der Waals surface area contributed by atoms with Crippen LogP contribution in [0.15, 0.2) is 0 Å². The first-order chi connectivity index (χ1) is 3.98. The lowest BCUT2D eigenvalue weighted by Gasteiger charge is -2.09. The van der Waals surface area contributed by atoms with Gasteiger partial charge in [-0.1, -0.05) is 13.3 Å². The zero-order valence-corrected chi connectivity index (χ0v) is 6.08. The van der Waals surface area contributed by atoms with Crippen molar-refractivity contribution < 1.29 is 19.5 Å². The van der Waals surface area contributed by atoms with Crippen LogP contribution >= 0.6 is 7.60 Å². The summed E-state index contributed by atoms with van der Waals surface area (Å²) in [5.41, 5.74) is 0. The molecule has 0 aromatic carbocycles. The van der Waals surface area contributed by atoms with E-state index in [2.05, 4.69) is 0 Å². The number of aliphatic hydroxyl groups is 1. The van der Waals surface area contributed by atoms with Crippen molar-refractivity contribution in [2.24, 2.45) is 0 Å². The number of hydrogen-bond acceptors (Lipinski definition) is 2. The van der Waals surface area contributed by atoms with Gasteiger partial charge in [0.1, 0.15) is 0 Å². The molecule has 0 aliphatic carbocycles. The van der Waals surface area contributed by atoms with Gasteiger partial charge in [-0.05, 0) is 6.42 Å². The fourth-order valence-electron chi connectivity index (χ4n) is 0.426. The highest BCUT2D eigenvalue weighted by molar-refractivity contribution is 7.52. The minimum Gasteiger partial charge on any atom is -0.380 e. The molecule has 0 fully saturated rings. The van der Waals surface area contributed by atoms with Gasteiger partial charge in [0.2, 0.25) is 0 Å². The fourth-order valence-corrected chi connectivity index (χ4v) is 1.02. The van der Waals surface area contributed by atoms with E-state index in [-0.39, 0.29) is 6.42 Å². The molecule has 1 atom stereocenters. The molecule has 56 valence electrons. The summed E-state index contributed by atoms with van der Waals surface area (Å²) < 4.78 is 10.2. The number of aliphatic hydroxyl groups excluding tert-OH is 1. The maximum Gasteiger partial charge on any atom is 0.353 e.